The summed E-state index contributed by atoms with van der Waals surface area (Å²) in [6, 6.07) is 0. The van der Waals surface area contributed by atoms with E-state index in [0.717, 1.165) is 19.3 Å². The number of hydrogen-bond donors (Lipinski definition) is 0. The monoisotopic (exact) mass is 306 g/mol. The molecular formula is C16H18O6. The van der Waals surface area contributed by atoms with E-state index in [2.05, 4.69) is 0 Å². The van der Waals surface area contributed by atoms with Crippen LogP contribution in [0.15, 0.2) is 0 Å². The summed E-state index contributed by atoms with van der Waals surface area (Å²) in [4.78, 5) is 34.1. The van der Waals surface area contributed by atoms with Gasteiger partial charge in [-0.2, -0.15) is 0 Å². The highest BCUT2D eigenvalue weighted by Crippen LogP contribution is 2.69. The number of fused-ring (bicyclic) bond motifs is 12. The number of ketones is 1. The Kier molecular flexibility index (Phi) is 2.36. The number of ether oxygens (including phenoxy) is 3. The molecular weight excluding hydrogens is 288 g/mol. The summed E-state index contributed by atoms with van der Waals surface area (Å²) in [5.41, 5.74) is 0. The zero-order valence-corrected chi connectivity index (χ0v) is 12.3. The van der Waals surface area contributed by atoms with Gasteiger partial charge in [-0.3, -0.25) is 4.79 Å². The van der Waals surface area contributed by atoms with Crippen molar-refractivity contribution in [2.75, 3.05) is 0 Å². The van der Waals surface area contributed by atoms with Crippen molar-refractivity contribution in [3.05, 3.63) is 0 Å². The molecule has 0 N–H and O–H groups in total. The molecule has 6 heteroatoms. The van der Waals surface area contributed by atoms with Crippen LogP contribution in [0.4, 0.5) is 4.79 Å². The third kappa shape index (κ3) is 1.43. The van der Waals surface area contributed by atoms with Gasteiger partial charge in [-0.15, -0.1) is 0 Å². The normalized spacial score (nSPS) is 53.0. The zero-order chi connectivity index (χ0) is 15.2. The van der Waals surface area contributed by atoms with Crippen molar-refractivity contribution in [2.45, 2.75) is 44.5 Å². The van der Waals surface area contributed by atoms with Crippen LogP contribution < -0.4 is 0 Å². The number of carbonyl (C=O) groups excluding carboxylic acids is 3. The highest BCUT2D eigenvalue weighted by atomic mass is 16.8. The van der Waals surface area contributed by atoms with Crippen LogP contribution in [0.5, 0.6) is 0 Å². The largest absolute Gasteiger partial charge is 0.509 e. The SMILES string of the molecule is CC(=O)C(=O)OC1CC2CC1C1C3CC(C4OC(=O)OC34)C21. The molecule has 0 spiro atoms. The van der Waals surface area contributed by atoms with Crippen molar-refractivity contribution in [3.8, 4) is 0 Å². The van der Waals surface area contributed by atoms with E-state index in [0.29, 0.717) is 35.5 Å². The van der Waals surface area contributed by atoms with Crippen molar-refractivity contribution in [3.63, 3.8) is 0 Å². The van der Waals surface area contributed by atoms with Crippen LogP contribution in [-0.2, 0) is 23.8 Å². The van der Waals surface area contributed by atoms with Crippen LogP contribution in [0.2, 0.25) is 0 Å². The molecule has 0 amide bonds. The van der Waals surface area contributed by atoms with Gasteiger partial charge in [0.25, 0.3) is 0 Å². The van der Waals surface area contributed by atoms with E-state index in [-0.39, 0.29) is 18.3 Å². The van der Waals surface area contributed by atoms with Gasteiger partial charge in [-0.05, 0) is 42.9 Å². The molecule has 5 fully saturated rings. The second-order valence-electron chi connectivity index (χ2n) is 7.53. The Morgan fingerprint density at radius 3 is 2.36 bits per heavy atom. The van der Waals surface area contributed by atoms with Crippen LogP contribution in [0.1, 0.15) is 26.2 Å². The summed E-state index contributed by atoms with van der Waals surface area (Å²) < 4.78 is 16.2. The van der Waals surface area contributed by atoms with E-state index < -0.39 is 17.9 Å². The van der Waals surface area contributed by atoms with Gasteiger partial charge in [0.05, 0.1) is 0 Å². The molecule has 1 saturated heterocycles. The van der Waals surface area contributed by atoms with Crippen molar-refractivity contribution in [1.29, 1.82) is 0 Å². The van der Waals surface area contributed by atoms with Crippen LogP contribution in [-0.4, -0.2) is 36.2 Å². The van der Waals surface area contributed by atoms with Gasteiger partial charge in [0.15, 0.2) is 0 Å². The molecule has 0 aromatic carbocycles. The van der Waals surface area contributed by atoms with Crippen LogP contribution >= 0.6 is 0 Å². The van der Waals surface area contributed by atoms with Crippen molar-refractivity contribution in [1.82, 2.24) is 0 Å². The van der Waals surface area contributed by atoms with E-state index in [9.17, 15) is 14.4 Å². The number of esters is 1. The molecule has 4 saturated carbocycles. The average molecular weight is 306 g/mol. The fourth-order valence-corrected chi connectivity index (χ4v) is 6.36. The summed E-state index contributed by atoms with van der Waals surface area (Å²) in [6.45, 7) is 1.25. The maximum absolute atomic E-state index is 11.6. The Labute approximate surface area is 127 Å². The van der Waals surface area contributed by atoms with Crippen molar-refractivity contribution >= 4 is 17.9 Å². The molecule has 118 valence electrons. The van der Waals surface area contributed by atoms with E-state index in [4.69, 9.17) is 14.2 Å². The van der Waals surface area contributed by atoms with Gasteiger partial charge in [0.2, 0.25) is 5.78 Å². The molecule has 0 radical (unpaired) electrons. The summed E-state index contributed by atoms with van der Waals surface area (Å²) >= 11 is 0. The van der Waals surface area contributed by atoms with Gasteiger partial charge in [-0.1, -0.05) is 0 Å². The Hall–Kier alpha value is -1.59. The lowest BCUT2D eigenvalue weighted by atomic mass is 9.68. The van der Waals surface area contributed by atoms with Gasteiger partial charge in [0, 0.05) is 18.8 Å². The summed E-state index contributed by atoms with van der Waals surface area (Å²) in [5, 5.41) is 0. The van der Waals surface area contributed by atoms with Crippen LogP contribution in [0.25, 0.3) is 0 Å². The minimum atomic E-state index is -0.717. The van der Waals surface area contributed by atoms with E-state index in [1.807, 2.05) is 0 Å². The smallest absolute Gasteiger partial charge is 0.456 e. The molecule has 9 unspecified atom stereocenters. The second kappa shape index (κ2) is 4.03. The fourth-order valence-electron chi connectivity index (χ4n) is 6.36. The molecule has 4 aliphatic carbocycles. The Morgan fingerprint density at radius 2 is 1.68 bits per heavy atom. The molecule has 4 bridgehead atoms. The van der Waals surface area contributed by atoms with Crippen molar-refractivity contribution in [2.24, 2.45) is 35.5 Å². The average Bonchev–Trinajstić information content (AvgIpc) is 3.17. The van der Waals surface area contributed by atoms with Crippen molar-refractivity contribution < 1.29 is 28.6 Å². The molecule has 0 aromatic rings. The predicted molar refractivity (Wildman–Crippen MR) is 70.5 cm³/mol. The Balaban J connectivity index is 1.39. The lowest BCUT2D eigenvalue weighted by Crippen LogP contribution is -2.46. The van der Waals surface area contributed by atoms with Gasteiger partial charge in [-0.25, -0.2) is 9.59 Å². The maximum Gasteiger partial charge on any atom is 0.509 e. The van der Waals surface area contributed by atoms with E-state index in [1.165, 1.54) is 6.92 Å². The Morgan fingerprint density at radius 1 is 1.00 bits per heavy atom. The molecule has 0 aromatic heterocycles. The molecule has 22 heavy (non-hydrogen) atoms. The highest BCUT2D eigenvalue weighted by molar-refractivity contribution is 6.32. The second-order valence-corrected chi connectivity index (χ2v) is 7.53. The number of Topliss-reactive ketones (excluding diaryl/α,β-unsaturated/α-hetero) is 1. The first-order chi connectivity index (χ1) is 10.5. The molecule has 1 aliphatic heterocycles. The topological polar surface area (TPSA) is 78.9 Å². The lowest BCUT2D eigenvalue weighted by molar-refractivity contribution is -0.161. The first kappa shape index (κ1) is 12.9. The zero-order valence-electron chi connectivity index (χ0n) is 12.3. The molecule has 6 nitrogen and oxygen atoms in total. The first-order valence-electron chi connectivity index (χ1n) is 8.13. The summed E-state index contributed by atoms with van der Waals surface area (Å²) in [7, 11) is 0. The standard InChI is InChI=1S/C16H18O6/c1-5(17)15(18)20-10-3-6-2-7(10)12-9-4-8(11(6)12)13-14(9)22-16(19)21-13/h6-14H,2-4H2,1H3. The molecule has 5 rings (SSSR count). The lowest BCUT2D eigenvalue weighted by Gasteiger charge is -2.40. The number of hydrogen-bond acceptors (Lipinski definition) is 6. The number of rotatable bonds is 2. The minimum Gasteiger partial charge on any atom is -0.456 e. The van der Waals surface area contributed by atoms with Gasteiger partial charge in [0.1, 0.15) is 18.3 Å². The quantitative estimate of drug-likeness (QED) is 0.435. The Bertz CT molecular complexity index is 585. The highest BCUT2D eigenvalue weighted by Gasteiger charge is 2.71. The van der Waals surface area contributed by atoms with Gasteiger partial charge >= 0.3 is 12.1 Å². The molecule has 9 atom stereocenters. The van der Waals surface area contributed by atoms with E-state index >= 15 is 0 Å². The summed E-state index contributed by atoms with van der Waals surface area (Å²) in [6.07, 6.45) is 2.12. The predicted octanol–water partition coefficient (Wildman–Crippen LogP) is 1.31. The van der Waals surface area contributed by atoms with Crippen LogP contribution in [0.3, 0.4) is 0 Å². The van der Waals surface area contributed by atoms with Gasteiger partial charge < -0.3 is 14.2 Å². The third-order valence-electron chi connectivity index (χ3n) is 6.78. The van der Waals surface area contributed by atoms with Crippen LogP contribution in [0, 0.1) is 35.5 Å². The maximum atomic E-state index is 11.6. The third-order valence-corrected chi connectivity index (χ3v) is 6.78. The molecule has 1 heterocycles. The summed E-state index contributed by atoms with van der Waals surface area (Å²) in [5.74, 6) is 1.34. The first-order valence-corrected chi connectivity index (χ1v) is 8.13. The minimum absolute atomic E-state index is 0.0590. The molecule has 5 aliphatic rings. The fraction of sp³-hybridized carbons (Fsp3) is 0.812. The van der Waals surface area contributed by atoms with E-state index in [1.54, 1.807) is 0 Å². The number of carbonyl (C=O) groups is 3.